The van der Waals surface area contributed by atoms with Crippen LogP contribution < -0.4 is 0 Å². The third kappa shape index (κ3) is 3.37. The van der Waals surface area contributed by atoms with E-state index in [9.17, 15) is 9.90 Å². The molecule has 0 saturated carbocycles. The third-order valence-corrected chi connectivity index (χ3v) is 6.14. The maximum atomic E-state index is 12.8. The summed E-state index contributed by atoms with van der Waals surface area (Å²) in [6.07, 6.45) is 5.53. The van der Waals surface area contributed by atoms with Gasteiger partial charge in [-0.15, -0.1) is 0 Å². The van der Waals surface area contributed by atoms with Crippen molar-refractivity contribution < 1.29 is 14.6 Å². The number of piperidine rings is 2. The van der Waals surface area contributed by atoms with Crippen LogP contribution in [0.3, 0.4) is 0 Å². The fraction of sp³-hybridized carbons (Fsp3) is 0.565. The molecule has 28 heavy (non-hydrogen) atoms. The van der Waals surface area contributed by atoms with Gasteiger partial charge in [-0.1, -0.05) is 18.2 Å². The lowest BCUT2D eigenvalue weighted by atomic mass is 9.71. The van der Waals surface area contributed by atoms with E-state index >= 15 is 0 Å². The van der Waals surface area contributed by atoms with Gasteiger partial charge in [-0.2, -0.15) is 0 Å². The Morgan fingerprint density at radius 3 is 2.54 bits per heavy atom. The first-order chi connectivity index (χ1) is 13.2. The van der Waals surface area contributed by atoms with Gasteiger partial charge < -0.3 is 14.7 Å². The molecule has 0 spiro atoms. The van der Waals surface area contributed by atoms with Crippen LogP contribution in [0, 0.1) is 6.92 Å². The Hall–Kier alpha value is -2.14. The summed E-state index contributed by atoms with van der Waals surface area (Å²) >= 11 is 0. The van der Waals surface area contributed by atoms with Crippen molar-refractivity contribution in [2.45, 2.75) is 83.1 Å². The summed E-state index contributed by atoms with van der Waals surface area (Å²) in [7, 11) is 0. The van der Waals surface area contributed by atoms with Crippen molar-refractivity contribution in [3.63, 3.8) is 0 Å². The number of pyridine rings is 1. The molecule has 1 N–H and O–H groups in total. The summed E-state index contributed by atoms with van der Waals surface area (Å²) in [6, 6.07) is 8.07. The van der Waals surface area contributed by atoms with E-state index in [0.717, 1.165) is 41.3 Å². The van der Waals surface area contributed by atoms with Gasteiger partial charge >= 0.3 is 6.09 Å². The second-order valence-corrected chi connectivity index (χ2v) is 9.38. The molecular weight excluding hydrogens is 352 g/mol. The van der Waals surface area contributed by atoms with Gasteiger partial charge in [0.2, 0.25) is 0 Å². The molecular formula is C23H30N2O3. The highest BCUT2D eigenvalue weighted by Crippen LogP contribution is 2.46. The van der Waals surface area contributed by atoms with Gasteiger partial charge in [0.1, 0.15) is 5.60 Å². The van der Waals surface area contributed by atoms with E-state index in [1.165, 1.54) is 0 Å². The monoisotopic (exact) mass is 382 g/mol. The number of rotatable bonds is 1. The zero-order chi connectivity index (χ0) is 20.1. The van der Waals surface area contributed by atoms with E-state index in [-0.39, 0.29) is 18.2 Å². The number of hydrogen-bond donors (Lipinski definition) is 1. The highest BCUT2D eigenvalue weighted by Gasteiger charge is 2.49. The summed E-state index contributed by atoms with van der Waals surface area (Å²) in [5.41, 5.74) is 1.46. The summed E-state index contributed by atoms with van der Waals surface area (Å²) in [5.74, 6) is 0. The number of nitrogens with zero attached hydrogens (tertiary/aromatic N) is 2. The summed E-state index contributed by atoms with van der Waals surface area (Å²) in [5, 5.41) is 12.8. The van der Waals surface area contributed by atoms with Crippen molar-refractivity contribution in [2.75, 3.05) is 0 Å². The van der Waals surface area contributed by atoms with Gasteiger partial charge in [0.15, 0.2) is 0 Å². The molecule has 1 aromatic carbocycles. The van der Waals surface area contributed by atoms with E-state index in [1.807, 2.05) is 56.9 Å². The molecule has 2 aliphatic heterocycles. The number of aliphatic hydroxyl groups is 1. The van der Waals surface area contributed by atoms with Crippen LogP contribution in [0.4, 0.5) is 4.79 Å². The minimum Gasteiger partial charge on any atom is -0.444 e. The number of hydrogen-bond acceptors (Lipinski definition) is 4. The highest BCUT2D eigenvalue weighted by atomic mass is 16.6. The van der Waals surface area contributed by atoms with Crippen LogP contribution in [0.1, 0.15) is 64.0 Å². The van der Waals surface area contributed by atoms with E-state index in [0.29, 0.717) is 12.8 Å². The summed E-state index contributed by atoms with van der Waals surface area (Å²) < 4.78 is 5.66. The Morgan fingerprint density at radius 1 is 1.21 bits per heavy atom. The van der Waals surface area contributed by atoms with Gasteiger partial charge in [-0.05, 0) is 64.2 Å². The lowest BCUT2D eigenvalue weighted by Gasteiger charge is -2.52. The molecule has 5 heteroatoms. The molecule has 2 atom stereocenters. The molecule has 150 valence electrons. The fourth-order valence-corrected chi connectivity index (χ4v) is 5.06. The maximum absolute atomic E-state index is 12.8. The maximum Gasteiger partial charge on any atom is 0.410 e. The molecule has 2 bridgehead atoms. The summed E-state index contributed by atoms with van der Waals surface area (Å²) in [4.78, 5) is 19.3. The van der Waals surface area contributed by atoms with Crippen LogP contribution in [0.15, 0.2) is 30.5 Å². The van der Waals surface area contributed by atoms with E-state index in [1.54, 1.807) is 6.20 Å². The number of aryl methyl sites for hydroxylation is 1. The Balaban J connectivity index is 1.67. The zero-order valence-electron chi connectivity index (χ0n) is 17.2. The predicted molar refractivity (Wildman–Crippen MR) is 109 cm³/mol. The molecule has 0 aliphatic carbocycles. The SMILES string of the molecule is Cc1c(C2(O)CC3CCCC(C2)N3C(=O)OC(C)(C)C)ccc2cccnc12. The molecule has 1 amide bonds. The Morgan fingerprint density at radius 2 is 1.89 bits per heavy atom. The molecule has 3 heterocycles. The third-order valence-electron chi connectivity index (χ3n) is 6.14. The minimum atomic E-state index is -0.940. The second kappa shape index (κ2) is 6.73. The van der Waals surface area contributed by atoms with Crippen molar-refractivity contribution in [3.8, 4) is 0 Å². The first kappa shape index (κ1) is 19.2. The standard InChI is InChI=1S/C23H30N2O3/c1-15-19(11-10-16-7-6-12-24-20(15)16)23(27)13-17-8-5-9-18(14-23)25(17)21(26)28-22(2,3)4/h6-7,10-12,17-18,27H,5,8-9,13-14H2,1-4H3. The molecule has 2 fully saturated rings. The number of aromatic nitrogens is 1. The molecule has 2 saturated heterocycles. The lowest BCUT2D eigenvalue weighted by Crippen LogP contribution is -2.59. The Kier molecular flexibility index (Phi) is 4.61. The molecule has 2 aromatic rings. The van der Waals surface area contributed by atoms with Gasteiger partial charge in [-0.25, -0.2) is 4.79 Å². The largest absolute Gasteiger partial charge is 0.444 e. The topological polar surface area (TPSA) is 62.7 Å². The van der Waals surface area contributed by atoms with E-state index in [4.69, 9.17) is 4.74 Å². The zero-order valence-corrected chi connectivity index (χ0v) is 17.2. The van der Waals surface area contributed by atoms with Crippen LogP contribution in [0.5, 0.6) is 0 Å². The molecule has 1 aromatic heterocycles. The quantitative estimate of drug-likeness (QED) is 0.778. The van der Waals surface area contributed by atoms with Gasteiger partial charge in [0.05, 0.1) is 11.1 Å². The molecule has 2 aliphatic rings. The second-order valence-electron chi connectivity index (χ2n) is 9.38. The molecule has 5 nitrogen and oxygen atoms in total. The van der Waals surface area contributed by atoms with Crippen LogP contribution in [-0.2, 0) is 10.3 Å². The Bertz CT molecular complexity index is 888. The van der Waals surface area contributed by atoms with E-state index < -0.39 is 11.2 Å². The number of amides is 1. The van der Waals surface area contributed by atoms with Crippen LogP contribution in [0.2, 0.25) is 0 Å². The van der Waals surface area contributed by atoms with Gasteiger partial charge in [0, 0.05) is 36.5 Å². The van der Waals surface area contributed by atoms with Crippen molar-refractivity contribution in [2.24, 2.45) is 0 Å². The number of ether oxygens (including phenoxy) is 1. The van der Waals surface area contributed by atoms with Crippen molar-refractivity contribution >= 4 is 17.0 Å². The number of carbonyl (C=O) groups is 1. The van der Waals surface area contributed by atoms with Gasteiger partial charge in [-0.3, -0.25) is 4.98 Å². The first-order valence-electron chi connectivity index (χ1n) is 10.3. The highest BCUT2D eigenvalue weighted by molar-refractivity contribution is 5.83. The normalized spacial score (nSPS) is 27.7. The van der Waals surface area contributed by atoms with Crippen molar-refractivity contribution in [3.05, 3.63) is 41.6 Å². The number of fused-ring (bicyclic) bond motifs is 3. The van der Waals surface area contributed by atoms with Crippen molar-refractivity contribution in [1.29, 1.82) is 0 Å². The lowest BCUT2D eigenvalue weighted by molar-refractivity contribution is -0.0967. The van der Waals surface area contributed by atoms with Crippen LogP contribution in [-0.4, -0.2) is 38.8 Å². The average molecular weight is 383 g/mol. The van der Waals surface area contributed by atoms with Crippen LogP contribution >= 0.6 is 0 Å². The number of carbonyl (C=O) groups excluding carboxylic acids is 1. The Labute approximate surface area is 166 Å². The smallest absolute Gasteiger partial charge is 0.410 e. The number of benzene rings is 1. The predicted octanol–water partition coefficient (Wildman–Crippen LogP) is 4.68. The summed E-state index contributed by atoms with van der Waals surface area (Å²) in [6.45, 7) is 7.73. The van der Waals surface area contributed by atoms with Crippen LogP contribution in [0.25, 0.3) is 10.9 Å². The van der Waals surface area contributed by atoms with Crippen molar-refractivity contribution in [1.82, 2.24) is 9.88 Å². The molecule has 0 radical (unpaired) electrons. The molecule has 2 unspecified atom stereocenters. The van der Waals surface area contributed by atoms with Gasteiger partial charge in [0.25, 0.3) is 0 Å². The average Bonchev–Trinajstić information content (AvgIpc) is 2.59. The first-order valence-corrected chi connectivity index (χ1v) is 10.3. The minimum absolute atomic E-state index is 0.00572. The molecule has 4 rings (SSSR count). The fourth-order valence-electron chi connectivity index (χ4n) is 5.06. The van der Waals surface area contributed by atoms with E-state index in [2.05, 4.69) is 4.98 Å².